The molecule has 2 aromatic carbocycles. The van der Waals surface area contributed by atoms with Gasteiger partial charge in [-0.05, 0) is 35.9 Å². The molecule has 3 amide bonds. The van der Waals surface area contributed by atoms with E-state index in [1.807, 2.05) is 0 Å². The van der Waals surface area contributed by atoms with Crippen molar-refractivity contribution >= 4 is 63.8 Å². The summed E-state index contributed by atoms with van der Waals surface area (Å²) >= 11 is 12.2. The number of halogens is 2. The highest BCUT2D eigenvalue weighted by Crippen LogP contribution is 2.33. The molecule has 0 spiro atoms. The molecule has 0 aliphatic carbocycles. The maximum Gasteiger partial charge on any atom is 0.352 e. The van der Waals surface area contributed by atoms with Crippen LogP contribution in [0, 0.1) is 0 Å². The Labute approximate surface area is 180 Å². The van der Waals surface area contributed by atoms with E-state index in [1.165, 1.54) is 18.2 Å². The number of H-pyrrole nitrogens is 1. The maximum absolute atomic E-state index is 12.3. The van der Waals surface area contributed by atoms with Crippen LogP contribution < -0.4 is 16.4 Å². The first-order valence-corrected chi connectivity index (χ1v) is 9.35. The lowest BCUT2D eigenvalue weighted by atomic mass is 10.1. The highest BCUT2D eigenvalue weighted by molar-refractivity contribution is 6.39. The van der Waals surface area contributed by atoms with Crippen LogP contribution in [0.2, 0.25) is 10.0 Å². The number of anilines is 1. The first kappa shape index (κ1) is 21.2. The SMILES string of the molecule is NC(=O)NCc1ccc(NC(=O)/C=C/c2c(C(=O)O)[nH]c3cc(Cl)cc(Cl)c23)cc1. The van der Waals surface area contributed by atoms with Gasteiger partial charge in [-0.25, -0.2) is 9.59 Å². The predicted octanol–water partition coefficient (Wildman–Crippen LogP) is 3.99. The lowest BCUT2D eigenvalue weighted by molar-refractivity contribution is -0.111. The van der Waals surface area contributed by atoms with Crippen LogP contribution in [-0.2, 0) is 11.3 Å². The van der Waals surface area contributed by atoms with Gasteiger partial charge in [0.05, 0.1) is 5.02 Å². The number of carboxylic acids is 1. The summed E-state index contributed by atoms with van der Waals surface area (Å²) in [5.74, 6) is -1.66. The number of carbonyl (C=O) groups excluding carboxylic acids is 2. The van der Waals surface area contributed by atoms with E-state index in [2.05, 4.69) is 15.6 Å². The minimum Gasteiger partial charge on any atom is -0.477 e. The Morgan fingerprint density at radius 3 is 2.47 bits per heavy atom. The number of carboxylic acid groups (broad SMARTS) is 1. The van der Waals surface area contributed by atoms with E-state index in [9.17, 15) is 19.5 Å². The molecule has 0 fully saturated rings. The Hall–Kier alpha value is -3.49. The Morgan fingerprint density at radius 2 is 1.83 bits per heavy atom. The van der Waals surface area contributed by atoms with Crippen LogP contribution >= 0.6 is 23.2 Å². The van der Waals surface area contributed by atoms with Crippen molar-refractivity contribution in [3.05, 3.63) is 69.3 Å². The van der Waals surface area contributed by atoms with Gasteiger partial charge in [0.2, 0.25) is 5.91 Å². The number of hydrogen-bond donors (Lipinski definition) is 5. The highest BCUT2D eigenvalue weighted by atomic mass is 35.5. The monoisotopic (exact) mass is 446 g/mol. The van der Waals surface area contributed by atoms with Crippen LogP contribution in [-0.4, -0.2) is 28.0 Å². The number of primary amides is 1. The zero-order valence-electron chi connectivity index (χ0n) is 15.3. The molecule has 0 radical (unpaired) electrons. The summed E-state index contributed by atoms with van der Waals surface area (Å²) in [6.45, 7) is 0.271. The van der Waals surface area contributed by atoms with Gasteiger partial charge >= 0.3 is 12.0 Å². The average Bonchev–Trinajstić information content (AvgIpc) is 3.04. The maximum atomic E-state index is 12.3. The molecule has 154 valence electrons. The lowest BCUT2D eigenvalue weighted by Crippen LogP contribution is -2.28. The van der Waals surface area contributed by atoms with Gasteiger partial charge in [-0.2, -0.15) is 0 Å². The second kappa shape index (κ2) is 8.89. The molecule has 0 atom stereocenters. The van der Waals surface area contributed by atoms with E-state index < -0.39 is 17.9 Å². The van der Waals surface area contributed by atoms with Crippen LogP contribution in [0.1, 0.15) is 21.6 Å². The van der Waals surface area contributed by atoms with E-state index in [1.54, 1.807) is 30.3 Å². The predicted molar refractivity (Wildman–Crippen MR) is 116 cm³/mol. The Morgan fingerprint density at radius 1 is 1.13 bits per heavy atom. The van der Waals surface area contributed by atoms with Crippen molar-refractivity contribution in [2.24, 2.45) is 5.73 Å². The minimum atomic E-state index is -1.20. The molecule has 30 heavy (non-hydrogen) atoms. The van der Waals surface area contributed by atoms with Crippen molar-refractivity contribution in [2.45, 2.75) is 6.54 Å². The molecule has 10 heteroatoms. The molecular formula is C20H16Cl2N4O4. The molecule has 0 saturated carbocycles. The van der Waals surface area contributed by atoms with Gasteiger partial charge < -0.3 is 26.5 Å². The second-order valence-corrected chi connectivity index (χ2v) is 7.11. The highest BCUT2D eigenvalue weighted by Gasteiger charge is 2.18. The summed E-state index contributed by atoms with van der Waals surface area (Å²) in [5.41, 5.74) is 6.96. The molecule has 1 aromatic heterocycles. The molecular weight excluding hydrogens is 431 g/mol. The number of aromatic amines is 1. The number of nitrogens with two attached hydrogens (primary N) is 1. The third-order valence-corrected chi connectivity index (χ3v) is 4.67. The van der Waals surface area contributed by atoms with Gasteiger partial charge in [-0.15, -0.1) is 0 Å². The number of amides is 3. The Bertz CT molecular complexity index is 1170. The lowest BCUT2D eigenvalue weighted by Gasteiger charge is -2.05. The van der Waals surface area contributed by atoms with E-state index >= 15 is 0 Å². The molecule has 0 aliphatic rings. The number of benzene rings is 2. The first-order chi connectivity index (χ1) is 14.2. The number of rotatable bonds is 6. The normalized spacial score (nSPS) is 11.0. The molecule has 6 N–H and O–H groups in total. The summed E-state index contributed by atoms with van der Waals surface area (Å²) in [6, 6.07) is 9.20. The number of aromatic carboxylic acids is 1. The average molecular weight is 447 g/mol. The first-order valence-electron chi connectivity index (χ1n) is 8.60. The number of aromatic nitrogens is 1. The number of fused-ring (bicyclic) bond motifs is 1. The fourth-order valence-corrected chi connectivity index (χ4v) is 3.44. The molecule has 1 heterocycles. The van der Waals surface area contributed by atoms with Crippen molar-refractivity contribution in [1.82, 2.24) is 10.3 Å². The summed E-state index contributed by atoms with van der Waals surface area (Å²) < 4.78 is 0. The fraction of sp³-hybridized carbons (Fsp3) is 0.0500. The van der Waals surface area contributed by atoms with Gasteiger partial charge in [0.1, 0.15) is 5.69 Å². The quantitative estimate of drug-likeness (QED) is 0.365. The van der Waals surface area contributed by atoms with E-state index in [0.717, 1.165) is 5.56 Å². The van der Waals surface area contributed by atoms with Crippen LogP contribution in [0.5, 0.6) is 0 Å². The van der Waals surface area contributed by atoms with E-state index in [-0.39, 0.29) is 22.8 Å². The van der Waals surface area contributed by atoms with Crippen LogP contribution in [0.15, 0.2) is 42.5 Å². The van der Waals surface area contributed by atoms with E-state index in [4.69, 9.17) is 28.9 Å². The summed E-state index contributed by atoms with van der Waals surface area (Å²) in [5, 5.41) is 15.7. The smallest absolute Gasteiger partial charge is 0.352 e. The summed E-state index contributed by atoms with van der Waals surface area (Å²) in [7, 11) is 0. The molecule has 0 bridgehead atoms. The van der Waals surface area contributed by atoms with Gasteiger partial charge in [-0.1, -0.05) is 35.3 Å². The molecule has 3 aromatic rings. The molecule has 3 rings (SSSR count). The van der Waals surface area contributed by atoms with Gasteiger partial charge in [0.15, 0.2) is 0 Å². The van der Waals surface area contributed by atoms with E-state index in [0.29, 0.717) is 21.6 Å². The Balaban J connectivity index is 1.79. The van der Waals surface area contributed by atoms with Crippen molar-refractivity contribution < 1.29 is 19.5 Å². The van der Waals surface area contributed by atoms with Crippen LogP contribution in [0.25, 0.3) is 17.0 Å². The zero-order chi connectivity index (χ0) is 21.8. The Kier molecular flexibility index (Phi) is 6.29. The second-order valence-electron chi connectivity index (χ2n) is 6.27. The van der Waals surface area contributed by atoms with Crippen molar-refractivity contribution in [3.8, 4) is 0 Å². The third-order valence-electron chi connectivity index (χ3n) is 4.16. The van der Waals surface area contributed by atoms with Crippen molar-refractivity contribution in [2.75, 3.05) is 5.32 Å². The standard InChI is InChI=1S/C20H16Cl2N4O4/c21-11-7-14(22)17-13(18(19(28)29)26-15(17)8-11)5-6-16(27)25-12-3-1-10(2-4-12)9-24-20(23)30/h1-8,26H,9H2,(H,25,27)(H,28,29)(H3,23,24,30)/b6-5+. The van der Waals surface area contributed by atoms with Gasteiger partial charge in [0.25, 0.3) is 0 Å². The summed E-state index contributed by atoms with van der Waals surface area (Å²) in [4.78, 5) is 37.3. The third kappa shape index (κ3) is 4.91. The van der Waals surface area contributed by atoms with Gasteiger partial charge in [0, 0.05) is 39.8 Å². The molecule has 0 saturated heterocycles. The van der Waals surface area contributed by atoms with Crippen molar-refractivity contribution in [3.63, 3.8) is 0 Å². The van der Waals surface area contributed by atoms with Crippen LogP contribution in [0.4, 0.5) is 10.5 Å². The number of hydrogen-bond acceptors (Lipinski definition) is 3. The minimum absolute atomic E-state index is 0.107. The zero-order valence-corrected chi connectivity index (χ0v) is 16.8. The largest absolute Gasteiger partial charge is 0.477 e. The fourth-order valence-electron chi connectivity index (χ4n) is 2.85. The number of urea groups is 1. The summed E-state index contributed by atoms with van der Waals surface area (Å²) in [6.07, 6.45) is 2.59. The molecule has 8 nitrogen and oxygen atoms in total. The topological polar surface area (TPSA) is 137 Å². The van der Waals surface area contributed by atoms with Crippen LogP contribution in [0.3, 0.4) is 0 Å². The van der Waals surface area contributed by atoms with Crippen molar-refractivity contribution in [1.29, 1.82) is 0 Å². The molecule has 0 unspecified atom stereocenters. The molecule has 0 aliphatic heterocycles. The van der Waals surface area contributed by atoms with Gasteiger partial charge in [-0.3, -0.25) is 4.79 Å². The number of carbonyl (C=O) groups is 3. The number of nitrogens with one attached hydrogen (secondary N) is 3.